The molecule has 13 heteroatoms. The predicted molar refractivity (Wildman–Crippen MR) is 119 cm³/mol. The van der Waals surface area contributed by atoms with Gasteiger partial charge in [0.15, 0.2) is 0 Å². The molecular formula is C20H38N6O7. The molecule has 0 spiro atoms. The summed E-state index contributed by atoms with van der Waals surface area (Å²) in [5.74, 6) is -4.56. The number of hydrogen-bond acceptors (Lipinski definition) is 8. The van der Waals surface area contributed by atoms with Gasteiger partial charge in [-0.1, -0.05) is 20.3 Å². The van der Waals surface area contributed by atoms with Crippen molar-refractivity contribution in [2.24, 2.45) is 23.1 Å². The van der Waals surface area contributed by atoms with Crippen LogP contribution in [0.5, 0.6) is 0 Å². The van der Waals surface area contributed by atoms with Crippen molar-refractivity contribution in [3.63, 3.8) is 0 Å². The zero-order valence-corrected chi connectivity index (χ0v) is 19.2. The average molecular weight is 475 g/mol. The average Bonchev–Trinajstić information content (AvgIpc) is 2.77. The summed E-state index contributed by atoms with van der Waals surface area (Å²) in [6.07, 6.45) is 1.34. The van der Waals surface area contributed by atoms with Gasteiger partial charge >= 0.3 is 5.97 Å². The topological polar surface area (TPSA) is 240 Å². The van der Waals surface area contributed by atoms with Crippen molar-refractivity contribution < 1.29 is 34.2 Å². The zero-order chi connectivity index (χ0) is 25.6. The largest absolute Gasteiger partial charge is 0.480 e. The first-order valence-electron chi connectivity index (χ1n) is 11.0. The Bertz CT molecular complexity index is 675. The normalized spacial score (nSPS) is 15.4. The third-order valence-electron chi connectivity index (χ3n) is 5.20. The minimum Gasteiger partial charge on any atom is -0.480 e. The van der Waals surface area contributed by atoms with Gasteiger partial charge in [-0.25, -0.2) is 4.79 Å². The van der Waals surface area contributed by atoms with Crippen molar-refractivity contribution >= 4 is 29.6 Å². The highest BCUT2D eigenvalue weighted by atomic mass is 16.4. The maximum absolute atomic E-state index is 12.9. The van der Waals surface area contributed by atoms with Gasteiger partial charge in [0, 0.05) is 6.42 Å². The van der Waals surface area contributed by atoms with E-state index in [0.717, 1.165) is 0 Å². The van der Waals surface area contributed by atoms with Crippen molar-refractivity contribution in [2.75, 3.05) is 13.2 Å². The van der Waals surface area contributed by atoms with Crippen LogP contribution >= 0.6 is 0 Å². The van der Waals surface area contributed by atoms with Crippen molar-refractivity contribution in [1.82, 2.24) is 16.0 Å². The van der Waals surface area contributed by atoms with E-state index >= 15 is 0 Å². The molecule has 4 amide bonds. The van der Waals surface area contributed by atoms with E-state index in [-0.39, 0.29) is 25.2 Å². The molecule has 0 aliphatic heterocycles. The van der Waals surface area contributed by atoms with Crippen LogP contribution in [-0.4, -0.2) is 77.1 Å². The molecule has 5 atom stereocenters. The summed E-state index contributed by atoms with van der Waals surface area (Å²) in [7, 11) is 0. The molecule has 5 unspecified atom stereocenters. The van der Waals surface area contributed by atoms with Crippen molar-refractivity contribution in [3.8, 4) is 0 Å². The lowest BCUT2D eigenvalue weighted by Gasteiger charge is -2.26. The van der Waals surface area contributed by atoms with E-state index in [1.165, 1.54) is 0 Å². The van der Waals surface area contributed by atoms with Gasteiger partial charge in [0.25, 0.3) is 0 Å². The van der Waals surface area contributed by atoms with E-state index in [2.05, 4.69) is 16.0 Å². The highest BCUT2D eigenvalue weighted by Crippen LogP contribution is 2.10. The SMILES string of the molecule is CCC(C)C(NC(=O)C(CCCCN)NC(=O)C(CCC(N)=O)NC(=O)C(N)CO)C(=O)O. The fourth-order valence-electron chi connectivity index (χ4n) is 2.89. The molecule has 0 heterocycles. The maximum atomic E-state index is 12.9. The summed E-state index contributed by atoms with van der Waals surface area (Å²) >= 11 is 0. The van der Waals surface area contributed by atoms with Crippen molar-refractivity contribution in [1.29, 1.82) is 0 Å². The van der Waals surface area contributed by atoms with E-state index in [1.807, 2.05) is 0 Å². The summed E-state index contributed by atoms with van der Waals surface area (Å²) in [6.45, 7) is 3.17. The molecule has 0 radical (unpaired) electrons. The predicted octanol–water partition coefficient (Wildman–Crippen LogP) is -2.71. The standard InChI is InChI=1S/C20H38N6O7/c1-3-11(2)16(20(32)33)26-19(31)13(6-4-5-9-21)25-18(30)14(7-8-15(23)28)24-17(29)12(22)10-27/h11-14,16,27H,3-10,21-22H2,1-2H3,(H2,23,28)(H,24,29)(H,25,30)(H,26,31)(H,32,33). The number of amides is 4. The second kappa shape index (κ2) is 15.9. The lowest BCUT2D eigenvalue weighted by molar-refractivity contribution is -0.144. The number of carboxylic acid groups (broad SMARTS) is 1. The zero-order valence-electron chi connectivity index (χ0n) is 19.2. The third kappa shape index (κ3) is 11.6. The fourth-order valence-corrected chi connectivity index (χ4v) is 2.89. The van der Waals surface area contributed by atoms with Gasteiger partial charge in [0.1, 0.15) is 24.2 Å². The molecule has 0 aromatic carbocycles. The van der Waals surface area contributed by atoms with Gasteiger partial charge in [0.2, 0.25) is 23.6 Å². The highest BCUT2D eigenvalue weighted by molar-refractivity contribution is 5.94. The Morgan fingerprint density at radius 2 is 1.45 bits per heavy atom. The molecular weight excluding hydrogens is 436 g/mol. The number of carbonyl (C=O) groups excluding carboxylic acids is 4. The van der Waals surface area contributed by atoms with Gasteiger partial charge < -0.3 is 43.4 Å². The van der Waals surface area contributed by atoms with Crippen LogP contribution in [-0.2, 0) is 24.0 Å². The molecule has 0 aliphatic carbocycles. The van der Waals surface area contributed by atoms with Gasteiger partial charge in [-0.05, 0) is 38.1 Å². The number of carboxylic acids is 1. The molecule has 0 aliphatic rings. The van der Waals surface area contributed by atoms with E-state index in [9.17, 15) is 29.1 Å². The van der Waals surface area contributed by atoms with E-state index < -0.39 is 60.4 Å². The van der Waals surface area contributed by atoms with Crippen LogP contribution in [0.4, 0.5) is 0 Å². The molecule has 0 saturated carbocycles. The number of nitrogens with two attached hydrogens (primary N) is 3. The van der Waals surface area contributed by atoms with Crippen LogP contribution in [0.3, 0.4) is 0 Å². The number of rotatable bonds is 17. The molecule has 0 aromatic rings. The lowest BCUT2D eigenvalue weighted by Crippen LogP contribution is -2.58. The van der Waals surface area contributed by atoms with E-state index in [1.54, 1.807) is 13.8 Å². The van der Waals surface area contributed by atoms with Crippen LogP contribution in [0.2, 0.25) is 0 Å². The van der Waals surface area contributed by atoms with E-state index in [0.29, 0.717) is 25.8 Å². The fraction of sp³-hybridized carbons (Fsp3) is 0.750. The maximum Gasteiger partial charge on any atom is 0.326 e. The van der Waals surface area contributed by atoms with Gasteiger partial charge in [-0.3, -0.25) is 19.2 Å². The molecule has 0 bridgehead atoms. The first kappa shape index (κ1) is 30.2. The molecule has 0 aromatic heterocycles. The Balaban J connectivity index is 5.56. The Kier molecular flexibility index (Phi) is 14.6. The third-order valence-corrected chi connectivity index (χ3v) is 5.20. The number of nitrogens with one attached hydrogen (secondary N) is 3. The van der Waals surface area contributed by atoms with Crippen LogP contribution in [0.25, 0.3) is 0 Å². The Labute approximate surface area is 193 Å². The number of hydrogen-bond donors (Lipinski definition) is 8. The second-order valence-electron chi connectivity index (χ2n) is 7.91. The van der Waals surface area contributed by atoms with Crippen LogP contribution in [0.1, 0.15) is 52.4 Å². The molecule has 0 fully saturated rings. The van der Waals surface area contributed by atoms with Gasteiger partial charge in [-0.2, -0.15) is 0 Å². The first-order chi connectivity index (χ1) is 15.5. The summed E-state index contributed by atoms with van der Waals surface area (Å²) < 4.78 is 0. The van der Waals surface area contributed by atoms with Gasteiger partial charge in [-0.15, -0.1) is 0 Å². The Morgan fingerprint density at radius 1 is 0.909 bits per heavy atom. The highest BCUT2D eigenvalue weighted by Gasteiger charge is 2.31. The van der Waals surface area contributed by atoms with Crippen molar-refractivity contribution in [2.45, 2.75) is 76.5 Å². The summed E-state index contributed by atoms with van der Waals surface area (Å²) in [6, 6.07) is -4.79. The number of unbranched alkanes of at least 4 members (excludes halogenated alkanes) is 1. The minimum atomic E-state index is -1.29. The van der Waals surface area contributed by atoms with Crippen molar-refractivity contribution in [3.05, 3.63) is 0 Å². The van der Waals surface area contributed by atoms with Gasteiger partial charge in [0.05, 0.1) is 6.61 Å². The number of primary amides is 1. The minimum absolute atomic E-state index is 0.160. The van der Waals surface area contributed by atoms with Crippen LogP contribution < -0.4 is 33.2 Å². The smallest absolute Gasteiger partial charge is 0.326 e. The van der Waals surface area contributed by atoms with Crippen LogP contribution in [0.15, 0.2) is 0 Å². The Morgan fingerprint density at radius 3 is 1.94 bits per heavy atom. The molecule has 0 saturated heterocycles. The Hall–Kier alpha value is -2.77. The number of aliphatic hydroxyl groups excluding tert-OH is 1. The summed E-state index contributed by atoms with van der Waals surface area (Å²) in [5, 5.41) is 25.8. The summed E-state index contributed by atoms with van der Waals surface area (Å²) in [5.41, 5.74) is 16.1. The molecule has 0 rings (SSSR count). The summed E-state index contributed by atoms with van der Waals surface area (Å²) in [4.78, 5) is 60.5. The quantitative estimate of drug-likeness (QED) is 0.102. The molecule has 11 N–H and O–H groups in total. The number of aliphatic carboxylic acids is 1. The molecule has 13 nitrogen and oxygen atoms in total. The number of aliphatic hydroxyl groups is 1. The lowest BCUT2D eigenvalue weighted by atomic mass is 9.98. The van der Waals surface area contributed by atoms with E-state index in [4.69, 9.17) is 22.3 Å². The molecule has 33 heavy (non-hydrogen) atoms. The van der Waals surface area contributed by atoms with Crippen LogP contribution in [0, 0.1) is 5.92 Å². The number of carbonyl (C=O) groups is 5. The first-order valence-corrected chi connectivity index (χ1v) is 11.0. The molecule has 190 valence electrons. The second-order valence-corrected chi connectivity index (χ2v) is 7.91. The monoisotopic (exact) mass is 474 g/mol.